The summed E-state index contributed by atoms with van der Waals surface area (Å²) in [6.45, 7) is 0.760. The van der Waals surface area contributed by atoms with E-state index in [0.29, 0.717) is 16.8 Å². The lowest BCUT2D eigenvalue weighted by atomic mass is 9.93. The van der Waals surface area contributed by atoms with Crippen molar-refractivity contribution in [3.8, 4) is 0 Å². The molecule has 0 bridgehead atoms. The average molecular weight is 341 g/mol. The molecule has 5 heteroatoms. The fourth-order valence-corrected chi connectivity index (χ4v) is 3.69. The van der Waals surface area contributed by atoms with Crippen LogP contribution < -0.4 is 10.3 Å². The Morgan fingerprint density at radius 2 is 1.54 bits per heavy atom. The number of carbonyl (C=O) groups excluding carboxylic acids is 2. The van der Waals surface area contributed by atoms with Crippen molar-refractivity contribution in [1.29, 1.82) is 0 Å². The van der Waals surface area contributed by atoms with Gasteiger partial charge in [-0.25, -0.2) is 4.90 Å². The summed E-state index contributed by atoms with van der Waals surface area (Å²) in [5, 5.41) is 5.68. The van der Waals surface area contributed by atoms with E-state index in [2.05, 4.69) is 10.5 Å². The first-order valence-corrected chi connectivity index (χ1v) is 8.50. The van der Waals surface area contributed by atoms with Gasteiger partial charge in [-0.05, 0) is 35.2 Å². The van der Waals surface area contributed by atoms with E-state index < -0.39 is 0 Å². The quantitative estimate of drug-likeness (QED) is 0.728. The smallest absolute Gasteiger partial charge is 0.265 e. The minimum atomic E-state index is -0.281. The summed E-state index contributed by atoms with van der Waals surface area (Å²) in [6, 6.07) is 18.6. The number of nitrogens with zero attached hydrogens (tertiary/aromatic N) is 2. The van der Waals surface area contributed by atoms with E-state index in [1.165, 1.54) is 4.90 Å². The van der Waals surface area contributed by atoms with Crippen molar-refractivity contribution in [2.75, 3.05) is 11.4 Å². The van der Waals surface area contributed by atoms with Gasteiger partial charge in [0.05, 0.1) is 5.69 Å². The molecule has 1 atom stereocenters. The third-order valence-electron chi connectivity index (χ3n) is 5.01. The second-order valence-electron chi connectivity index (χ2n) is 6.49. The summed E-state index contributed by atoms with van der Waals surface area (Å²) < 4.78 is 0. The molecule has 3 aromatic rings. The molecule has 0 radical (unpaired) electrons. The molecule has 1 N–H and O–H groups in total. The van der Waals surface area contributed by atoms with Crippen LogP contribution in [0.25, 0.3) is 10.8 Å². The number of rotatable bonds is 2. The van der Waals surface area contributed by atoms with Gasteiger partial charge in [0.2, 0.25) is 0 Å². The van der Waals surface area contributed by atoms with Gasteiger partial charge in [-0.15, -0.1) is 0 Å². The van der Waals surface area contributed by atoms with Crippen LogP contribution in [0.15, 0.2) is 65.8 Å². The highest BCUT2D eigenvalue weighted by Crippen LogP contribution is 2.33. The Kier molecular flexibility index (Phi) is 3.15. The number of nitrogens with one attached hydrogen (secondary N) is 1. The van der Waals surface area contributed by atoms with Gasteiger partial charge in [-0.3, -0.25) is 9.59 Å². The molecule has 1 unspecified atom stereocenters. The third-order valence-corrected chi connectivity index (χ3v) is 5.01. The Morgan fingerprint density at radius 3 is 2.12 bits per heavy atom. The molecule has 5 rings (SSSR count). The van der Waals surface area contributed by atoms with Crippen molar-refractivity contribution in [3.05, 3.63) is 77.4 Å². The molecule has 0 spiro atoms. The predicted molar refractivity (Wildman–Crippen MR) is 101 cm³/mol. The van der Waals surface area contributed by atoms with E-state index in [9.17, 15) is 9.59 Å². The number of carbonyl (C=O) groups is 2. The van der Waals surface area contributed by atoms with Crippen LogP contribution in [-0.4, -0.2) is 24.6 Å². The molecular formula is C21H15N3O2. The van der Waals surface area contributed by atoms with Crippen LogP contribution in [0.1, 0.15) is 32.2 Å². The maximum absolute atomic E-state index is 13.0. The first kappa shape index (κ1) is 14.8. The highest BCUT2D eigenvalue weighted by atomic mass is 16.2. The highest BCUT2D eigenvalue weighted by molar-refractivity contribution is 6.35. The lowest BCUT2D eigenvalue weighted by molar-refractivity contribution is 0.0893. The number of hydrogen-bond acceptors (Lipinski definition) is 4. The normalized spacial score (nSPS) is 18.5. The maximum atomic E-state index is 13.0. The van der Waals surface area contributed by atoms with Crippen LogP contribution in [0, 0.1) is 0 Å². The molecule has 0 saturated heterocycles. The van der Waals surface area contributed by atoms with Crippen LogP contribution in [-0.2, 0) is 0 Å². The second kappa shape index (κ2) is 5.52. The number of benzene rings is 3. The van der Waals surface area contributed by atoms with Gasteiger partial charge in [0.1, 0.15) is 0 Å². The van der Waals surface area contributed by atoms with E-state index in [-0.39, 0.29) is 17.7 Å². The molecule has 0 aliphatic carbocycles. The van der Waals surface area contributed by atoms with Crippen LogP contribution in [0.4, 0.5) is 5.69 Å². The molecule has 5 nitrogen and oxygen atoms in total. The topological polar surface area (TPSA) is 61.8 Å². The zero-order chi connectivity index (χ0) is 17.7. The molecule has 2 heterocycles. The van der Waals surface area contributed by atoms with E-state index in [1.807, 2.05) is 54.7 Å². The number of imide groups is 1. The fraction of sp³-hybridized carbons (Fsp3) is 0.0952. The van der Waals surface area contributed by atoms with Gasteiger partial charge in [-0.1, -0.05) is 36.4 Å². The molecule has 26 heavy (non-hydrogen) atoms. The third kappa shape index (κ3) is 2.07. The number of hydrazone groups is 1. The second-order valence-corrected chi connectivity index (χ2v) is 6.49. The zero-order valence-electron chi connectivity index (χ0n) is 13.8. The van der Waals surface area contributed by atoms with Gasteiger partial charge < -0.3 is 5.43 Å². The molecule has 0 saturated carbocycles. The lowest BCUT2D eigenvalue weighted by Crippen LogP contribution is -2.40. The maximum Gasteiger partial charge on any atom is 0.265 e. The van der Waals surface area contributed by atoms with Gasteiger partial charge in [0, 0.05) is 35.2 Å². The SMILES string of the molecule is O=C1c2cccc3cccc(c23)C(=O)N1c1ccc(C2C=NNC2)cc1. The highest BCUT2D eigenvalue weighted by Gasteiger charge is 2.33. The van der Waals surface area contributed by atoms with Gasteiger partial charge in [-0.2, -0.15) is 5.10 Å². The molecule has 0 fully saturated rings. The van der Waals surface area contributed by atoms with Crippen LogP contribution in [0.5, 0.6) is 0 Å². The summed E-state index contributed by atoms with van der Waals surface area (Å²) >= 11 is 0. The van der Waals surface area contributed by atoms with Crippen LogP contribution >= 0.6 is 0 Å². The van der Waals surface area contributed by atoms with Crippen molar-refractivity contribution in [2.45, 2.75) is 5.92 Å². The molecule has 2 aliphatic heterocycles. The van der Waals surface area contributed by atoms with E-state index in [1.54, 1.807) is 12.1 Å². The minimum absolute atomic E-state index is 0.214. The standard InChI is InChI=1S/C21H15N3O2/c25-20-17-5-1-3-14-4-2-6-18(19(14)17)21(26)24(20)16-9-7-13(8-10-16)15-11-22-23-12-15/h1-11,15,23H,12H2. The number of hydrogen-bond donors (Lipinski definition) is 1. The Bertz CT molecular complexity index is 1040. The van der Waals surface area contributed by atoms with Crippen molar-refractivity contribution in [2.24, 2.45) is 5.10 Å². The zero-order valence-corrected chi connectivity index (χ0v) is 13.8. The summed E-state index contributed by atoms with van der Waals surface area (Å²) in [7, 11) is 0. The first-order chi connectivity index (χ1) is 12.7. The number of amides is 2. The summed E-state index contributed by atoms with van der Waals surface area (Å²) in [5.41, 5.74) is 5.74. The van der Waals surface area contributed by atoms with Gasteiger partial charge in [0.15, 0.2) is 0 Å². The summed E-state index contributed by atoms with van der Waals surface area (Å²) in [5.74, 6) is -0.349. The van der Waals surface area contributed by atoms with Gasteiger partial charge >= 0.3 is 0 Å². The van der Waals surface area contributed by atoms with Crippen LogP contribution in [0.2, 0.25) is 0 Å². The Labute approximate surface area is 149 Å². The Hall–Kier alpha value is -3.47. The van der Waals surface area contributed by atoms with Crippen molar-refractivity contribution < 1.29 is 9.59 Å². The Morgan fingerprint density at radius 1 is 0.885 bits per heavy atom. The van der Waals surface area contributed by atoms with E-state index >= 15 is 0 Å². The van der Waals surface area contributed by atoms with E-state index in [0.717, 1.165) is 22.9 Å². The fourth-order valence-electron chi connectivity index (χ4n) is 3.69. The lowest BCUT2D eigenvalue weighted by Gasteiger charge is -2.27. The summed E-state index contributed by atoms with van der Waals surface area (Å²) in [6.07, 6.45) is 1.86. The van der Waals surface area contributed by atoms with Crippen LogP contribution in [0.3, 0.4) is 0 Å². The summed E-state index contributed by atoms with van der Waals surface area (Å²) in [4.78, 5) is 27.3. The largest absolute Gasteiger partial charge is 0.309 e. The van der Waals surface area contributed by atoms with E-state index in [4.69, 9.17) is 0 Å². The van der Waals surface area contributed by atoms with Crippen molar-refractivity contribution >= 4 is 34.5 Å². The number of anilines is 1. The van der Waals surface area contributed by atoms with Crippen molar-refractivity contribution in [3.63, 3.8) is 0 Å². The minimum Gasteiger partial charge on any atom is -0.309 e. The monoisotopic (exact) mass is 341 g/mol. The average Bonchev–Trinajstić information content (AvgIpc) is 3.21. The molecule has 3 aromatic carbocycles. The van der Waals surface area contributed by atoms with Crippen molar-refractivity contribution in [1.82, 2.24) is 5.43 Å². The first-order valence-electron chi connectivity index (χ1n) is 8.50. The Balaban J connectivity index is 1.59. The van der Waals surface area contributed by atoms with Gasteiger partial charge in [0.25, 0.3) is 11.8 Å². The predicted octanol–water partition coefficient (Wildman–Crippen LogP) is 3.31. The molecule has 2 aliphatic rings. The molecule has 0 aromatic heterocycles. The molecule has 126 valence electrons. The molecule has 2 amide bonds. The molecular weight excluding hydrogens is 326 g/mol.